The summed E-state index contributed by atoms with van der Waals surface area (Å²) in [5.41, 5.74) is 0. The molecule has 0 aromatic carbocycles. The number of carbonyl (C=O) groups excluding carboxylic acids is 2. The molecule has 1 N–H and O–H groups in total. The van der Waals surface area contributed by atoms with E-state index in [1.807, 2.05) is 6.92 Å². The fraction of sp³-hybridized carbons (Fsp3) is 0.833. The summed E-state index contributed by atoms with van der Waals surface area (Å²) in [7, 11) is 1.76. The molecule has 0 radical (unpaired) electrons. The average Bonchev–Trinajstić information content (AvgIpc) is 2.36. The van der Waals surface area contributed by atoms with E-state index in [0.29, 0.717) is 26.3 Å². The maximum Gasteiger partial charge on any atom is 0.332 e. The highest BCUT2D eigenvalue weighted by Crippen LogP contribution is 1.91. The van der Waals surface area contributed by atoms with Gasteiger partial charge >= 0.3 is 5.97 Å². The van der Waals surface area contributed by atoms with Gasteiger partial charge in [-0.2, -0.15) is 0 Å². The number of esters is 1. The molecule has 0 aliphatic heterocycles. The predicted octanol–water partition coefficient (Wildman–Crippen LogP) is 0.0225. The molecule has 1 amide bonds. The van der Waals surface area contributed by atoms with Crippen molar-refractivity contribution in [2.75, 3.05) is 40.0 Å². The Bertz CT molecular complexity index is 258. The summed E-state index contributed by atoms with van der Waals surface area (Å²) in [4.78, 5) is 24.3. The Morgan fingerprint density at radius 2 is 2.00 bits per heavy atom. The van der Waals surface area contributed by atoms with Crippen LogP contribution in [0.1, 0.15) is 20.8 Å². The average molecular weight is 260 g/mol. The molecule has 6 heteroatoms. The van der Waals surface area contributed by atoms with Crippen molar-refractivity contribution in [1.82, 2.24) is 10.2 Å². The Hall–Kier alpha value is -1.14. The van der Waals surface area contributed by atoms with Crippen molar-refractivity contribution < 1.29 is 19.1 Å². The van der Waals surface area contributed by atoms with E-state index in [2.05, 4.69) is 5.32 Å². The minimum Gasteiger partial charge on any atom is -0.464 e. The van der Waals surface area contributed by atoms with Crippen LogP contribution in [0.15, 0.2) is 0 Å². The molecule has 106 valence electrons. The topological polar surface area (TPSA) is 67.9 Å². The van der Waals surface area contributed by atoms with Crippen LogP contribution in [0.3, 0.4) is 0 Å². The van der Waals surface area contributed by atoms with Crippen molar-refractivity contribution in [2.45, 2.75) is 26.8 Å². The van der Waals surface area contributed by atoms with E-state index in [1.165, 1.54) is 0 Å². The molecular weight excluding hydrogens is 236 g/mol. The van der Waals surface area contributed by atoms with E-state index in [9.17, 15) is 9.59 Å². The molecule has 0 spiro atoms. The highest BCUT2D eigenvalue weighted by Gasteiger charge is 2.14. The summed E-state index contributed by atoms with van der Waals surface area (Å²) in [6.07, 6.45) is 0. The minimum absolute atomic E-state index is 0.0443. The van der Waals surface area contributed by atoms with Crippen LogP contribution in [0.5, 0.6) is 0 Å². The Labute approximate surface area is 109 Å². The van der Waals surface area contributed by atoms with Crippen molar-refractivity contribution in [3.63, 3.8) is 0 Å². The first-order valence-electron chi connectivity index (χ1n) is 6.24. The smallest absolute Gasteiger partial charge is 0.332 e. The van der Waals surface area contributed by atoms with Gasteiger partial charge in [-0.25, -0.2) is 4.79 Å². The van der Waals surface area contributed by atoms with Crippen LogP contribution in [0.4, 0.5) is 0 Å². The van der Waals surface area contributed by atoms with Gasteiger partial charge in [-0.05, 0) is 20.8 Å². The first-order chi connectivity index (χ1) is 8.52. The summed E-state index contributed by atoms with van der Waals surface area (Å²) < 4.78 is 9.81. The molecular formula is C12H24N2O4. The summed E-state index contributed by atoms with van der Waals surface area (Å²) in [5, 5.41) is 3.04. The van der Waals surface area contributed by atoms with Gasteiger partial charge in [0.1, 0.15) is 6.61 Å². The molecule has 0 aliphatic rings. The second-order valence-electron chi connectivity index (χ2n) is 3.89. The fourth-order valence-electron chi connectivity index (χ4n) is 1.28. The standard InChI is InChI=1S/C12H24N2O4/c1-5-14(4)12(16)10(3)13-7-8-17-9-11(15)18-6-2/h10,13H,5-9H2,1-4H3. The van der Waals surface area contributed by atoms with Crippen molar-refractivity contribution in [1.29, 1.82) is 0 Å². The summed E-state index contributed by atoms with van der Waals surface area (Å²) in [5.74, 6) is -0.324. The molecule has 0 bridgehead atoms. The van der Waals surface area contributed by atoms with Crippen LogP contribution in [-0.2, 0) is 19.1 Å². The fourth-order valence-corrected chi connectivity index (χ4v) is 1.28. The van der Waals surface area contributed by atoms with Gasteiger partial charge in [0, 0.05) is 20.1 Å². The van der Waals surface area contributed by atoms with E-state index < -0.39 is 0 Å². The molecule has 1 atom stereocenters. The third kappa shape index (κ3) is 7.24. The Balaban J connectivity index is 3.60. The number of nitrogens with one attached hydrogen (secondary N) is 1. The molecule has 0 heterocycles. The Morgan fingerprint density at radius 3 is 2.56 bits per heavy atom. The highest BCUT2D eigenvalue weighted by molar-refractivity contribution is 5.81. The van der Waals surface area contributed by atoms with Gasteiger partial charge in [-0.15, -0.1) is 0 Å². The van der Waals surface area contributed by atoms with E-state index in [-0.39, 0.29) is 24.5 Å². The zero-order chi connectivity index (χ0) is 14.0. The Morgan fingerprint density at radius 1 is 1.33 bits per heavy atom. The van der Waals surface area contributed by atoms with Gasteiger partial charge in [0.25, 0.3) is 0 Å². The molecule has 1 unspecified atom stereocenters. The Kier molecular flexibility index (Phi) is 9.22. The van der Waals surface area contributed by atoms with Crippen LogP contribution in [-0.4, -0.2) is 62.8 Å². The predicted molar refractivity (Wildman–Crippen MR) is 68.2 cm³/mol. The van der Waals surface area contributed by atoms with Gasteiger partial charge < -0.3 is 19.7 Å². The van der Waals surface area contributed by atoms with Gasteiger partial charge in [-0.1, -0.05) is 0 Å². The van der Waals surface area contributed by atoms with Crippen LogP contribution in [0.2, 0.25) is 0 Å². The van der Waals surface area contributed by atoms with Crippen LogP contribution in [0, 0.1) is 0 Å². The highest BCUT2D eigenvalue weighted by atomic mass is 16.6. The number of ether oxygens (including phenoxy) is 2. The maximum absolute atomic E-state index is 11.7. The zero-order valence-electron chi connectivity index (χ0n) is 11.7. The molecule has 0 rings (SSSR count). The van der Waals surface area contributed by atoms with Gasteiger partial charge in [0.15, 0.2) is 0 Å². The number of likely N-dealkylation sites (N-methyl/N-ethyl adjacent to an activating group) is 1. The van der Waals surface area contributed by atoms with Crippen LogP contribution >= 0.6 is 0 Å². The summed E-state index contributed by atoms with van der Waals surface area (Å²) in [6.45, 7) is 7.35. The van der Waals surface area contributed by atoms with Crippen molar-refractivity contribution in [3.8, 4) is 0 Å². The lowest BCUT2D eigenvalue weighted by Gasteiger charge is -2.20. The van der Waals surface area contributed by atoms with Crippen molar-refractivity contribution in [2.24, 2.45) is 0 Å². The second kappa shape index (κ2) is 9.85. The molecule has 0 aromatic rings. The van der Waals surface area contributed by atoms with E-state index in [1.54, 1.807) is 25.8 Å². The largest absolute Gasteiger partial charge is 0.464 e. The third-order valence-electron chi connectivity index (χ3n) is 2.44. The monoisotopic (exact) mass is 260 g/mol. The van der Waals surface area contributed by atoms with Crippen LogP contribution < -0.4 is 5.32 Å². The second-order valence-corrected chi connectivity index (χ2v) is 3.89. The number of hydrogen-bond donors (Lipinski definition) is 1. The zero-order valence-corrected chi connectivity index (χ0v) is 11.7. The van der Waals surface area contributed by atoms with Gasteiger partial charge in [-0.3, -0.25) is 4.79 Å². The number of nitrogens with zero attached hydrogens (tertiary/aromatic N) is 1. The van der Waals surface area contributed by atoms with Gasteiger partial charge in [0.2, 0.25) is 5.91 Å². The first kappa shape index (κ1) is 16.9. The van der Waals surface area contributed by atoms with Gasteiger partial charge in [0.05, 0.1) is 19.3 Å². The molecule has 0 saturated heterocycles. The van der Waals surface area contributed by atoms with E-state index >= 15 is 0 Å². The third-order valence-corrected chi connectivity index (χ3v) is 2.44. The molecule has 0 saturated carbocycles. The van der Waals surface area contributed by atoms with E-state index in [4.69, 9.17) is 9.47 Å². The molecule has 0 aromatic heterocycles. The number of rotatable bonds is 9. The number of carbonyl (C=O) groups is 2. The summed E-state index contributed by atoms with van der Waals surface area (Å²) in [6, 6.07) is -0.249. The van der Waals surface area contributed by atoms with Crippen LogP contribution in [0.25, 0.3) is 0 Å². The summed E-state index contributed by atoms with van der Waals surface area (Å²) >= 11 is 0. The molecule has 6 nitrogen and oxygen atoms in total. The normalized spacial score (nSPS) is 12.0. The molecule has 0 fully saturated rings. The van der Waals surface area contributed by atoms with E-state index in [0.717, 1.165) is 0 Å². The lowest BCUT2D eigenvalue weighted by atomic mass is 10.3. The van der Waals surface area contributed by atoms with Crippen molar-refractivity contribution in [3.05, 3.63) is 0 Å². The minimum atomic E-state index is -0.368. The van der Waals surface area contributed by atoms with Crippen molar-refractivity contribution >= 4 is 11.9 Å². The molecule has 18 heavy (non-hydrogen) atoms. The lowest BCUT2D eigenvalue weighted by Crippen LogP contribution is -2.44. The maximum atomic E-state index is 11.7. The molecule has 0 aliphatic carbocycles. The number of amides is 1. The first-order valence-corrected chi connectivity index (χ1v) is 6.24. The number of hydrogen-bond acceptors (Lipinski definition) is 5. The SMILES string of the molecule is CCOC(=O)COCCNC(C)C(=O)N(C)CC. The quantitative estimate of drug-likeness (QED) is 0.468. The lowest BCUT2D eigenvalue weighted by molar-refractivity contribution is -0.148.